The van der Waals surface area contributed by atoms with Crippen LogP contribution in [-0.4, -0.2) is 71.2 Å². The van der Waals surface area contributed by atoms with Crippen LogP contribution in [0.3, 0.4) is 0 Å². The first-order valence-electron chi connectivity index (χ1n) is 18.2. The highest BCUT2D eigenvalue weighted by atomic mass is 35.5. The molecule has 2 aromatic carbocycles. The van der Waals surface area contributed by atoms with E-state index in [2.05, 4.69) is 40.9 Å². The highest BCUT2D eigenvalue weighted by Crippen LogP contribution is 2.57. The third kappa shape index (κ3) is 9.40. The van der Waals surface area contributed by atoms with Crippen molar-refractivity contribution in [2.75, 3.05) is 23.8 Å². The van der Waals surface area contributed by atoms with E-state index in [0.29, 0.717) is 41.5 Å². The van der Waals surface area contributed by atoms with Gasteiger partial charge in [0.2, 0.25) is 27.8 Å². The number of alkyl halides is 3. The number of halogens is 4. The maximum absolute atomic E-state index is 13.1. The Balaban J connectivity index is 0.914. The van der Waals surface area contributed by atoms with Crippen LogP contribution in [0.2, 0.25) is 5.02 Å². The molecular formula is C36H40ClF3N8O6S. The Labute approximate surface area is 320 Å². The van der Waals surface area contributed by atoms with Crippen molar-refractivity contribution in [1.82, 2.24) is 30.3 Å². The van der Waals surface area contributed by atoms with E-state index in [1.54, 1.807) is 24.3 Å². The van der Waals surface area contributed by atoms with Crippen molar-refractivity contribution in [2.24, 2.45) is 11.8 Å². The van der Waals surface area contributed by atoms with Crippen LogP contribution in [0, 0.1) is 11.8 Å². The van der Waals surface area contributed by atoms with E-state index in [1.807, 2.05) is 12.1 Å². The average molecular weight is 805 g/mol. The third-order valence-electron chi connectivity index (χ3n) is 10.4. The van der Waals surface area contributed by atoms with Crippen molar-refractivity contribution in [3.63, 3.8) is 0 Å². The quantitative estimate of drug-likeness (QED) is 0.114. The fourth-order valence-corrected chi connectivity index (χ4v) is 8.46. The highest BCUT2D eigenvalue weighted by molar-refractivity contribution is 7.90. The Morgan fingerprint density at radius 1 is 0.927 bits per heavy atom. The van der Waals surface area contributed by atoms with Gasteiger partial charge in [-0.25, -0.2) is 8.42 Å². The zero-order valence-corrected chi connectivity index (χ0v) is 31.1. The van der Waals surface area contributed by atoms with Crippen LogP contribution in [0.25, 0.3) is 0 Å². The summed E-state index contributed by atoms with van der Waals surface area (Å²) in [5, 5.41) is 11.7. The molecular weight excluding hydrogens is 765 g/mol. The van der Waals surface area contributed by atoms with Gasteiger partial charge in [-0.15, -0.1) is 0 Å². The molecule has 0 spiro atoms. The second kappa shape index (κ2) is 15.1. The van der Waals surface area contributed by atoms with E-state index in [4.69, 9.17) is 16.3 Å². The number of carbonyl (C=O) groups is 3. The van der Waals surface area contributed by atoms with Gasteiger partial charge in [0.1, 0.15) is 5.54 Å². The minimum Gasteiger partial charge on any atom is -0.454 e. The predicted molar refractivity (Wildman–Crippen MR) is 195 cm³/mol. The fourth-order valence-electron chi connectivity index (χ4n) is 6.77. The molecule has 0 aliphatic heterocycles. The molecule has 3 aromatic rings. The molecule has 4 fully saturated rings. The first-order valence-corrected chi connectivity index (χ1v) is 20.1. The van der Waals surface area contributed by atoms with Crippen LogP contribution in [0.15, 0.2) is 48.5 Å². The SMILES string of the molecule is O=C(CCCNC(=O)c1ccc(Nc2nc(NC3(c4ccc(Cl)cc4)CC3)nc(OCC(F)(F)F)n2)cc1)N[C@]1(C(=O)NS(=O)(=O)C2CCC2)C[C@H]1C1CC1. The van der Waals surface area contributed by atoms with Crippen LogP contribution in [-0.2, 0) is 25.2 Å². The number of aromatic nitrogens is 3. The van der Waals surface area contributed by atoms with Gasteiger partial charge in [-0.05, 0) is 105 Å². The number of hydrogen-bond acceptors (Lipinski definition) is 11. The van der Waals surface area contributed by atoms with Crippen molar-refractivity contribution in [1.29, 1.82) is 0 Å². The summed E-state index contributed by atoms with van der Waals surface area (Å²) >= 11 is 6.03. The Morgan fingerprint density at radius 3 is 2.24 bits per heavy atom. The van der Waals surface area contributed by atoms with E-state index in [0.717, 1.165) is 37.7 Å². The lowest BCUT2D eigenvalue weighted by molar-refractivity contribution is -0.154. The number of rotatable bonds is 17. The van der Waals surface area contributed by atoms with Gasteiger partial charge in [-0.2, -0.15) is 28.1 Å². The van der Waals surface area contributed by atoms with Crippen LogP contribution in [0.4, 0.5) is 30.8 Å². The van der Waals surface area contributed by atoms with Gasteiger partial charge >= 0.3 is 12.2 Å². The number of amides is 3. The van der Waals surface area contributed by atoms with Crippen molar-refractivity contribution >= 4 is 56.9 Å². The monoisotopic (exact) mass is 804 g/mol. The molecule has 4 aliphatic carbocycles. The summed E-state index contributed by atoms with van der Waals surface area (Å²) in [5.74, 6) is -1.36. The molecule has 19 heteroatoms. The molecule has 0 saturated heterocycles. The molecule has 4 aliphatic rings. The highest BCUT2D eigenvalue weighted by Gasteiger charge is 2.66. The first-order chi connectivity index (χ1) is 26.1. The largest absolute Gasteiger partial charge is 0.454 e. The second-order valence-corrected chi connectivity index (χ2v) is 17.0. The molecule has 5 N–H and O–H groups in total. The molecule has 1 heterocycles. The van der Waals surface area contributed by atoms with E-state index in [1.165, 1.54) is 12.1 Å². The number of anilines is 3. The number of benzene rings is 2. The Morgan fingerprint density at radius 2 is 1.62 bits per heavy atom. The van der Waals surface area contributed by atoms with Crippen molar-refractivity contribution in [3.8, 4) is 6.01 Å². The van der Waals surface area contributed by atoms with Crippen LogP contribution in [0.1, 0.15) is 80.1 Å². The molecule has 294 valence electrons. The van der Waals surface area contributed by atoms with Crippen LogP contribution >= 0.6 is 11.6 Å². The molecule has 1 aromatic heterocycles. The molecule has 14 nitrogen and oxygen atoms in total. The van der Waals surface area contributed by atoms with Gasteiger partial charge in [0.05, 0.1) is 10.8 Å². The lowest BCUT2D eigenvalue weighted by Gasteiger charge is -2.27. The number of nitrogens with zero attached hydrogens (tertiary/aromatic N) is 3. The van der Waals surface area contributed by atoms with Crippen molar-refractivity contribution in [2.45, 2.75) is 86.7 Å². The predicted octanol–water partition coefficient (Wildman–Crippen LogP) is 5.10. The van der Waals surface area contributed by atoms with Crippen molar-refractivity contribution in [3.05, 3.63) is 64.7 Å². The minimum atomic E-state index is -4.62. The Kier molecular flexibility index (Phi) is 10.6. The Hall–Kier alpha value is -4.71. The molecule has 0 bridgehead atoms. The molecule has 55 heavy (non-hydrogen) atoms. The first kappa shape index (κ1) is 38.6. The summed E-state index contributed by atoms with van der Waals surface area (Å²) < 4.78 is 71.1. The van der Waals surface area contributed by atoms with Crippen LogP contribution in [0.5, 0.6) is 6.01 Å². The lowest BCUT2D eigenvalue weighted by atomic mass is 10.0. The number of sulfonamides is 1. The maximum Gasteiger partial charge on any atom is 0.422 e. The normalized spacial score (nSPS) is 21.4. The topological polar surface area (TPSA) is 193 Å². The van der Waals surface area contributed by atoms with Gasteiger partial charge in [-0.1, -0.05) is 30.2 Å². The molecule has 0 radical (unpaired) electrons. The average Bonchev–Trinajstić information content (AvgIpc) is 3.98. The van der Waals surface area contributed by atoms with E-state index < -0.39 is 62.9 Å². The summed E-state index contributed by atoms with van der Waals surface area (Å²) in [6.45, 7) is -1.44. The number of carbonyl (C=O) groups excluding carboxylic acids is 3. The molecule has 2 atom stereocenters. The number of hydrogen-bond donors (Lipinski definition) is 5. The zero-order valence-electron chi connectivity index (χ0n) is 29.5. The summed E-state index contributed by atoms with van der Waals surface area (Å²) in [5.41, 5.74) is -0.114. The summed E-state index contributed by atoms with van der Waals surface area (Å²) in [4.78, 5) is 51.3. The minimum absolute atomic E-state index is 0.00185. The summed E-state index contributed by atoms with van der Waals surface area (Å²) in [7, 11) is -3.79. The molecule has 4 saturated carbocycles. The third-order valence-corrected chi connectivity index (χ3v) is 12.5. The molecule has 7 rings (SSSR count). The van der Waals surface area contributed by atoms with Gasteiger partial charge in [-0.3, -0.25) is 19.1 Å². The number of nitrogens with one attached hydrogen (secondary N) is 5. The fraction of sp³-hybridized carbons (Fsp3) is 0.500. The second-order valence-electron chi connectivity index (χ2n) is 14.6. The lowest BCUT2D eigenvalue weighted by Crippen LogP contribution is -2.54. The Bertz CT molecular complexity index is 2050. The van der Waals surface area contributed by atoms with E-state index in [-0.39, 0.29) is 37.2 Å². The van der Waals surface area contributed by atoms with Gasteiger partial charge in [0, 0.05) is 29.2 Å². The van der Waals surface area contributed by atoms with E-state index >= 15 is 0 Å². The zero-order chi connectivity index (χ0) is 39.0. The smallest absolute Gasteiger partial charge is 0.422 e. The van der Waals surface area contributed by atoms with Gasteiger partial charge < -0.3 is 26.0 Å². The maximum atomic E-state index is 13.1. The molecule has 3 amide bonds. The standard InChI is InChI=1S/C36H40ClF3N8O6S/c37-24-12-10-23(11-13-24)34(16-17-34)47-32-43-31(44-33(45-32)54-20-36(38,39)40)42-25-14-8-22(9-15-25)29(50)41-18-2-5-28(49)46-35(19-27(35)21-6-7-21)30(51)48-55(52,53)26-3-1-4-26/h8-15,21,26-27H,1-7,16-20H2,(H,41,50)(H,46,49)(H,48,51)(H2,42,43,44,45,47)/t27-,35+/m0/s1. The molecule has 0 unspecified atom stereocenters. The summed E-state index contributed by atoms with van der Waals surface area (Å²) in [6.07, 6.45) is 1.25. The van der Waals surface area contributed by atoms with Gasteiger partial charge in [0.15, 0.2) is 6.61 Å². The summed E-state index contributed by atoms with van der Waals surface area (Å²) in [6, 6.07) is 12.8. The van der Waals surface area contributed by atoms with Gasteiger partial charge in [0.25, 0.3) is 11.8 Å². The van der Waals surface area contributed by atoms with E-state index in [9.17, 15) is 36.0 Å². The van der Waals surface area contributed by atoms with Crippen molar-refractivity contribution < 1.29 is 40.7 Å². The number of ether oxygens (including phenoxy) is 1. The van der Waals surface area contributed by atoms with Crippen LogP contribution < -0.4 is 30.7 Å².